The van der Waals surface area contributed by atoms with E-state index < -0.39 is 0 Å². The number of piperazine rings is 1. The van der Waals surface area contributed by atoms with Gasteiger partial charge in [0, 0.05) is 22.6 Å². The molecule has 1 aliphatic heterocycles. The number of fused-ring (bicyclic) bond motifs is 1. The van der Waals surface area contributed by atoms with Crippen molar-refractivity contribution in [1.29, 1.82) is 0 Å². The molecule has 5 heteroatoms. The largest absolute Gasteiger partial charge is 0.496 e. The number of hydrogen-bond acceptors (Lipinski definition) is 3. The van der Waals surface area contributed by atoms with Gasteiger partial charge in [0.1, 0.15) is 50.6 Å². The molecule has 3 aromatic rings. The lowest BCUT2D eigenvalue weighted by atomic mass is 10.0. The average molecular weight is 409 g/mol. The van der Waals surface area contributed by atoms with Gasteiger partial charge in [0.15, 0.2) is 0 Å². The van der Waals surface area contributed by atoms with E-state index in [2.05, 4.69) is 44.2 Å². The number of benzene rings is 2. The highest BCUT2D eigenvalue weighted by Gasteiger charge is 2.25. The Labute approximate surface area is 177 Å². The summed E-state index contributed by atoms with van der Waals surface area (Å²) >= 11 is 0. The number of methoxy groups -OCH3 is 1. The third-order valence-electron chi connectivity index (χ3n) is 6.50. The van der Waals surface area contributed by atoms with Crippen molar-refractivity contribution in [3.8, 4) is 5.75 Å². The maximum absolute atomic E-state index is 12.2. The highest BCUT2D eigenvalue weighted by molar-refractivity contribution is 5.83. The van der Waals surface area contributed by atoms with Gasteiger partial charge >= 0.3 is 5.63 Å². The molecule has 0 atom stereocenters. The molecule has 1 aliphatic rings. The van der Waals surface area contributed by atoms with Crippen LogP contribution in [-0.4, -0.2) is 33.3 Å². The zero-order chi connectivity index (χ0) is 21.3. The summed E-state index contributed by atoms with van der Waals surface area (Å²) < 4.78 is 11.1. The van der Waals surface area contributed by atoms with Crippen LogP contribution in [0.5, 0.6) is 5.75 Å². The Morgan fingerprint density at radius 2 is 1.57 bits per heavy atom. The summed E-state index contributed by atoms with van der Waals surface area (Å²) in [5, 5.41) is 1.07. The van der Waals surface area contributed by atoms with Crippen molar-refractivity contribution >= 4 is 11.0 Å². The zero-order valence-electron chi connectivity index (χ0n) is 18.4. The summed E-state index contributed by atoms with van der Waals surface area (Å²) in [6, 6.07) is 12.3. The molecule has 5 nitrogen and oxygen atoms in total. The fourth-order valence-corrected chi connectivity index (χ4v) is 4.57. The molecule has 2 heterocycles. The van der Waals surface area contributed by atoms with Crippen LogP contribution in [0.3, 0.4) is 0 Å². The second kappa shape index (κ2) is 8.62. The van der Waals surface area contributed by atoms with E-state index >= 15 is 0 Å². The SMILES string of the molecule is COc1ccc(C)cc1C[NH+]1CC[NH+](Cc2cc(=O)oc3c(C)c(C)ccc23)CC1. The van der Waals surface area contributed by atoms with Gasteiger partial charge in [-0.3, -0.25) is 0 Å². The van der Waals surface area contributed by atoms with E-state index in [0.717, 1.165) is 72.7 Å². The average Bonchev–Trinajstić information content (AvgIpc) is 2.73. The molecule has 0 aliphatic carbocycles. The zero-order valence-corrected chi connectivity index (χ0v) is 18.4. The van der Waals surface area contributed by atoms with E-state index in [0.29, 0.717) is 0 Å². The number of hydrogen-bond donors (Lipinski definition) is 2. The van der Waals surface area contributed by atoms with Crippen LogP contribution in [0, 0.1) is 20.8 Å². The molecule has 1 aromatic heterocycles. The first-order chi connectivity index (χ1) is 14.4. The number of ether oxygens (including phenoxy) is 1. The minimum Gasteiger partial charge on any atom is -0.496 e. The molecule has 30 heavy (non-hydrogen) atoms. The molecule has 0 bridgehead atoms. The molecule has 4 rings (SSSR count). The monoisotopic (exact) mass is 408 g/mol. The molecule has 0 radical (unpaired) electrons. The van der Waals surface area contributed by atoms with E-state index in [1.54, 1.807) is 18.1 Å². The Bertz CT molecular complexity index is 1110. The van der Waals surface area contributed by atoms with Crippen molar-refractivity contribution in [3.63, 3.8) is 0 Å². The normalized spacial score (nSPS) is 19.2. The van der Waals surface area contributed by atoms with Crippen molar-refractivity contribution < 1.29 is 19.0 Å². The maximum Gasteiger partial charge on any atom is 0.336 e. The molecule has 0 saturated carbocycles. The van der Waals surface area contributed by atoms with Gasteiger partial charge in [-0.15, -0.1) is 0 Å². The maximum atomic E-state index is 12.2. The lowest BCUT2D eigenvalue weighted by Gasteiger charge is -2.30. The van der Waals surface area contributed by atoms with Crippen molar-refractivity contribution in [3.05, 3.63) is 74.6 Å². The van der Waals surface area contributed by atoms with Crippen LogP contribution < -0.4 is 20.2 Å². The Balaban J connectivity index is 1.45. The number of quaternary nitrogens is 2. The Morgan fingerprint density at radius 1 is 0.900 bits per heavy atom. The summed E-state index contributed by atoms with van der Waals surface area (Å²) in [5.41, 5.74) is 6.36. The van der Waals surface area contributed by atoms with E-state index in [1.807, 2.05) is 6.92 Å². The quantitative estimate of drug-likeness (QED) is 0.624. The molecule has 158 valence electrons. The number of aryl methyl sites for hydroxylation is 3. The van der Waals surface area contributed by atoms with Gasteiger partial charge in [-0.05, 0) is 44.0 Å². The van der Waals surface area contributed by atoms with E-state index in [1.165, 1.54) is 16.0 Å². The van der Waals surface area contributed by atoms with Crippen LogP contribution in [0.4, 0.5) is 0 Å². The first kappa shape index (κ1) is 20.6. The first-order valence-electron chi connectivity index (χ1n) is 10.8. The highest BCUT2D eigenvalue weighted by Crippen LogP contribution is 2.23. The van der Waals surface area contributed by atoms with Crippen LogP contribution in [0.2, 0.25) is 0 Å². The molecular weight excluding hydrogens is 376 g/mol. The lowest BCUT2D eigenvalue weighted by molar-refractivity contribution is -1.02. The van der Waals surface area contributed by atoms with Crippen LogP contribution in [-0.2, 0) is 13.1 Å². The fourth-order valence-electron chi connectivity index (χ4n) is 4.57. The Hall–Kier alpha value is -2.63. The second-order valence-electron chi connectivity index (χ2n) is 8.64. The number of nitrogens with one attached hydrogen (secondary N) is 2. The van der Waals surface area contributed by atoms with Gasteiger partial charge < -0.3 is 19.0 Å². The minimum absolute atomic E-state index is 0.249. The summed E-state index contributed by atoms with van der Waals surface area (Å²) in [7, 11) is 1.75. The smallest absolute Gasteiger partial charge is 0.336 e. The van der Waals surface area contributed by atoms with Gasteiger partial charge in [-0.2, -0.15) is 0 Å². The number of rotatable bonds is 5. The van der Waals surface area contributed by atoms with Crippen LogP contribution in [0.1, 0.15) is 27.8 Å². The van der Waals surface area contributed by atoms with E-state index in [4.69, 9.17) is 9.15 Å². The van der Waals surface area contributed by atoms with Gasteiger partial charge in [0.05, 0.1) is 7.11 Å². The molecule has 2 aromatic carbocycles. The van der Waals surface area contributed by atoms with Gasteiger partial charge in [0.25, 0.3) is 0 Å². The lowest BCUT2D eigenvalue weighted by Crippen LogP contribution is -3.27. The molecule has 2 N–H and O–H groups in total. The van der Waals surface area contributed by atoms with Gasteiger partial charge in [-0.25, -0.2) is 4.79 Å². The van der Waals surface area contributed by atoms with Crippen molar-refractivity contribution in [2.45, 2.75) is 33.9 Å². The van der Waals surface area contributed by atoms with Gasteiger partial charge in [0.2, 0.25) is 0 Å². The molecule has 0 amide bonds. The molecule has 1 fully saturated rings. The minimum atomic E-state index is -0.249. The third-order valence-corrected chi connectivity index (χ3v) is 6.50. The summed E-state index contributed by atoms with van der Waals surface area (Å²) in [4.78, 5) is 15.3. The molecule has 0 unspecified atom stereocenters. The van der Waals surface area contributed by atoms with E-state index in [-0.39, 0.29) is 5.63 Å². The predicted octanol–water partition coefficient (Wildman–Crippen LogP) is 1.21. The Morgan fingerprint density at radius 3 is 2.23 bits per heavy atom. The summed E-state index contributed by atoms with van der Waals surface area (Å²) in [6.45, 7) is 12.5. The fraction of sp³-hybridized carbons (Fsp3) is 0.400. The third kappa shape index (κ3) is 4.27. The van der Waals surface area contributed by atoms with Crippen molar-refractivity contribution in [2.24, 2.45) is 0 Å². The van der Waals surface area contributed by atoms with Crippen LogP contribution in [0.25, 0.3) is 11.0 Å². The molecular formula is C25H32N2O3+2. The standard InChI is InChI=1S/C25H30N2O3/c1-17-5-8-23(29-4)21(13-17)16-27-11-9-26(10-12-27)15-20-14-24(28)30-25-19(3)18(2)6-7-22(20)25/h5-8,13-14H,9-12,15-16H2,1-4H3/p+2. The summed E-state index contributed by atoms with van der Waals surface area (Å²) in [6.07, 6.45) is 0. The topological polar surface area (TPSA) is 48.3 Å². The van der Waals surface area contributed by atoms with E-state index in [9.17, 15) is 4.79 Å². The summed E-state index contributed by atoms with van der Waals surface area (Å²) in [5.74, 6) is 0.982. The first-order valence-corrected chi connectivity index (χ1v) is 10.8. The highest BCUT2D eigenvalue weighted by atomic mass is 16.5. The second-order valence-corrected chi connectivity index (χ2v) is 8.64. The van der Waals surface area contributed by atoms with Crippen LogP contribution >= 0.6 is 0 Å². The van der Waals surface area contributed by atoms with Crippen molar-refractivity contribution in [2.75, 3.05) is 33.3 Å². The van der Waals surface area contributed by atoms with Crippen LogP contribution in [0.15, 0.2) is 45.6 Å². The van der Waals surface area contributed by atoms with Crippen molar-refractivity contribution in [1.82, 2.24) is 0 Å². The Kier molecular flexibility index (Phi) is 5.93. The molecule has 1 saturated heterocycles. The molecule has 0 spiro atoms. The predicted molar refractivity (Wildman–Crippen MR) is 118 cm³/mol. The van der Waals surface area contributed by atoms with Gasteiger partial charge in [-0.1, -0.05) is 23.8 Å².